The van der Waals surface area contributed by atoms with E-state index >= 15 is 0 Å². The summed E-state index contributed by atoms with van der Waals surface area (Å²) in [7, 11) is 0. The van der Waals surface area contributed by atoms with Crippen LogP contribution in [0.3, 0.4) is 0 Å². The fraction of sp³-hybridized carbons (Fsp3) is 0.273. The lowest BCUT2D eigenvalue weighted by Crippen LogP contribution is -2.41. The molecule has 0 fully saturated rings. The van der Waals surface area contributed by atoms with Crippen molar-refractivity contribution >= 4 is 29.3 Å². The van der Waals surface area contributed by atoms with E-state index in [9.17, 15) is 9.59 Å². The molecule has 2 heterocycles. The van der Waals surface area contributed by atoms with Crippen molar-refractivity contribution in [3.05, 3.63) is 107 Å². The number of aromatic nitrogens is 2. The van der Waals surface area contributed by atoms with Crippen LogP contribution in [0, 0.1) is 13.8 Å². The van der Waals surface area contributed by atoms with Crippen LogP contribution in [0.5, 0.6) is 11.5 Å². The van der Waals surface area contributed by atoms with Gasteiger partial charge in [-0.2, -0.15) is 0 Å². The zero-order valence-corrected chi connectivity index (χ0v) is 25.0. The van der Waals surface area contributed by atoms with Crippen LogP contribution >= 0.6 is 11.8 Å². The smallest absolute Gasteiger partial charge is 0.251 e. The molecule has 3 aromatic carbocycles. The third kappa shape index (κ3) is 7.09. The second-order valence-electron chi connectivity index (χ2n) is 10.5. The van der Waals surface area contributed by atoms with Crippen molar-refractivity contribution < 1.29 is 19.1 Å². The number of thioether (sulfide) groups is 1. The van der Waals surface area contributed by atoms with Crippen LogP contribution in [-0.4, -0.2) is 39.2 Å². The highest BCUT2D eigenvalue weighted by Gasteiger charge is 2.32. The SMILES string of the molecule is Cc1cc(C)nc(SCC(=O)N(Cc2ccccc2)C(C(=O)Nc2ccc3c(c2)OCO3)c2ccc(C(C)C)cc2)n1. The molecule has 9 heteroatoms. The van der Waals surface area contributed by atoms with Crippen molar-refractivity contribution in [3.63, 3.8) is 0 Å². The molecule has 42 heavy (non-hydrogen) atoms. The molecular weight excluding hydrogens is 548 g/mol. The topological polar surface area (TPSA) is 93.7 Å². The fourth-order valence-electron chi connectivity index (χ4n) is 4.79. The molecule has 0 radical (unpaired) electrons. The van der Waals surface area contributed by atoms with Crippen molar-refractivity contribution in [3.8, 4) is 11.5 Å². The van der Waals surface area contributed by atoms with Crippen molar-refractivity contribution in [2.24, 2.45) is 0 Å². The van der Waals surface area contributed by atoms with E-state index in [0.717, 1.165) is 28.1 Å². The minimum absolute atomic E-state index is 0.0770. The average molecular weight is 583 g/mol. The summed E-state index contributed by atoms with van der Waals surface area (Å²) < 4.78 is 10.9. The molecule has 216 valence electrons. The largest absolute Gasteiger partial charge is 0.454 e. The first-order chi connectivity index (χ1) is 20.3. The molecule has 1 N–H and O–H groups in total. The number of benzene rings is 3. The van der Waals surface area contributed by atoms with Gasteiger partial charge in [-0.1, -0.05) is 80.2 Å². The Morgan fingerprint density at radius 3 is 2.24 bits per heavy atom. The predicted octanol–water partition coefficient (Wildman–Crippen LogP) is 6.45. The molecule has 0 saturated carbocycles. The molecule has 2 amide bonds. The van der Waals surface area contributed by atoms with E-state index in [4.69, 9.17) is 9.47 Å². The second kappa shape index (κ2) is 13.1. The van der Waals surface area contributed by atoms with Crippen LogP contribution in [0.2, 0.25) is 0 Å². The number of carbonyl (C=O) groups excluding carboxylic acids is 2. The summed E-state index contributed by atoms with van der Waals surface area (Å²) >= 11 is 1.27. The molecule has 1 aromatic heterocycles. The number of nitrogens with one attached hydrogen (secondary N) is 1. The van der Waals surface area contributed by atoms with E-state index in [2.05, 4.69) is 29.1 Å². The summed E-state index contributed by atoms with van der Waals surface area (Å²) in [5.41, 5.74) is 5.01. The molecule has 0 spiro atoms. The van der Waals surface area contributed by atoms with Crippen LogP contribution in [0.1, 0.15) is 53.9 Å². The van der Waals surface area contributed by atoms with Gasteiger partial charge in [-0.05, 0) is 54.7 Å². The van der Waals surface area contributed by atoms with Gasteiger partial charge in [-0.3, -0.25) is 9.59 Å². The zero-order chi connectivity index (χ0) is 29.6. The van der Waals surface area contributed by atoms with Crippen LogP contribution in [0.25, 0.3) is 0 Å². The molecule has 0 aliphatic carbocycles. The van der Waals surface area contributed by atoms with Gasteiger partial charge in [-0.15, -0.1) is 0 Å². The quantitative estimate of drug-likeness (QED) is 0.170. The van der Waals surface area contributed by atoms with Gasteiger partial charge in [-0.25, -0.2) is 9.97 Å². The molecule has 8 nitrogen and oxygen atoms in total. The summed E-state index contributed by atoms with van der Waals surface area (Å²) in [4.78, 5) is 38.7. The molecular formula is C33H34N4O4S. The Morgan fingerprint density at radius 1 is 0.881 bits per heavy atom. The summed E-state index contributed by atoms with van der Waals surface area (Å²) in [5, 5.41) is 3.55. The summed E-state index contributed by atoms with van der Waals surface area (Å²) in [6.45, 7) is 8.43. The van der Waals surface area contributed by atoms with Gasteiger partial charge in [0.05, 0.1) is 5.75 Å². The van der Waals surface area contributed by atoms with Gasteiger partial charge in [0.15, 0.2) is 16.7 Å². The highest BCUT2D eigenvalue weighted by atomic mass is 32.2. The summed E-state index contributed by atoms with van der Waals surface area (Å²) in [6.07, 6.45) is 0. The van der Waals surface area contributed by atoms with E-state index in [1.165, 1.54) is 11.8 Å². The lowest BCUT2D eigenvalue weighted by Gasteiger charge is -2.32. The standard InChI is InChI=1S/C33H34N4O4S/c1-21(2)25-10-12-26(13-11-25)31(32(39)36-27-14-15-28-29(17-27)41-20-40-28)37(18-24-8-6-5-7-9-24)30(38)19-42-33-34-22(3)16-23(4)35-33/h5-17,21,31H,18-20H2,1-4H3,(H,36,39). The number of hydrogen-bond acceptors (Lipinski definition) is 7. The Kier molecular flexibility index (Phi) is 9.07. The van der Waals surface area contributed by atoms with Gasteiger partial charge in [0.2, 0.25) is 12.7 Å². The lowest BCUT2D eigenvalue weighted by atomic mass is 9.97. The van der Waals surface area contributed by atoms with Crippen molar-refractivity contribution in [2.45, 2.75) is 51.4 Å². The van der Waals surface area contributed by atoms with E-state index in [1.54, 1.807) is 23.1 Å². The number of amides is 2. The Bertz CT molecular complexity index is 1540. The molecule has 1 aliphatic rings. The highest BCUT2D eigenvalue weighted by Crippen LogP contribution is 2.35. The molecule has 0 bridgehead atoms. The maximum absolute atomic E-state index is 14.1. The third-order valence-electron chi connectivity index (χ3n) is 6.92. The first-order valence-electron chi connectivity index (χ1n) is 13.9. The monoisotopic (exact) mass is 582 g/mol. The van der Waals surface area contributed by atoms with Crippen LogP contribution in [-0.2, 0) is 16.1 Å². The Balaban J connectivity index is 1.49. The van der Waals surface area contributed by atoms with Gasteiger partial charge < -0.3 is 19.7 Å². The Hall–Kier alpha value is -4.37. The Morgan fingerprint density at radius 2 is 1.55 bits per heavy atom. The third-order valence-corrected chi connectivity index (χ3v) is 7.75. The number of aryl methyl sites for hydroxylation is 2. The van der Waals surface area contributed by atoms with Gasteiger partial charge in [0.25, 0.3) is 5.91 Å². The molecule has 5 rings (SSSR count). The molecule has 1 unspecified atom stereocenters. The predicted molar refractivity (Wildman–Crippen MR) is 164 cm³/mol. The van der Waals surface area contributed by atoms with E-state index in [1.807, 2.05) is 74.5 Å². The number of carbonyl (C=O) groups is 2. The molecule has 4 aromatic rings. The van der Waals surface area contributed by atoms with Crippen molar-refractivity contribution in [1.82, 2.24) is 14.9 Å². The Labute approximate surface area is 250 Å². The number of anilines is 1. The second-order valence-corrected chi connectivity index (χ2v) is 11.5. The van der Waals surface area contributed by atoms with E-state index in [-0.39, 0.29) is 30.9 Å². The van der Waals surface area contributed by atoms with Crippen LogP contribution in [0.4, 0.5) is 5.69 Å². The average Bonchev–Trinajstić information content (AvgIpc) is 3.44. The van der Waals surface area contributed by atoms with E-state index < -0.39 is 6.04 Å². The molecule has 0 saturated heterocycles. The first kappa shape index (κ1) is 29.1. The highest BCUT2D eigenvalue weighted by molar-refractivity contribution is 7.99. The minimum atomic E-state index is -0.898. The molecule has 1 aliphatic heterocycles. The lowest BCUT2D eigenvalue weighted by molar-refractivity contribution is -0.137. The number of nitrogens with zero attached hydrogens (tertiary/aromatic N) is 3. The normalized spacial score (nSPS) is 12.7. The minimum Gasteiger partial charge on any atom is -0.454 e. The number of rotatable bonds is 10. The summed E-state index contributed by atoms with van der Waals surface area (Å²) in [6, 6.07) is 23.8. The number of fused-ring (bicyclic) bond motifs is 1. The van der Waals surface area contributed by atoms with Crippen molar-refractivity contribution in [2.75, 3.05) is 17.9 Å². The fourth-order valence-corrected chi connectivity index (χ4v) is 5.63. The van der Waals surface area contributed by atoms with Gasteiger partial charge >= 0.3 is 0 Å². The van der Waals surface area contributed by atoms with Gasteiger partial charge in [0, 0.05) is 29.7 Å². The van der Waals surface area contributed by atoms with Crippen LogP contribution in [0.15, 0.2) is 84.0 Å². The van der Waals surface area contributed by atoms with Crippen molar-refractivity contribution in [1.29, 1.82) is 0 Å². The number of ether oxygens (including phenoxy) is 2. The number of hydrogen-bond donors (Lipinski definition) is 1. The summed E-state index contributed by atoms with van der Waals surface area (Å²) in [5.74, 6) is 1.06. The van der Waals surface area contributed by atoms with Gasteiger partial charge in [0.1, 0.15) is 6.04 Å². The maximum Gasteiger partial charge on any atom is 0.251 e. The zero-order valence-electron chi connectivity index (χ0n) is 24.2. The van der Waals surface area contributed by atoms with E-state index in [0.29, 0.717) is 28.3 Å². The maximum atomic E-state index is 14.1. The molecule has 1 atom stereocenters. The van der Waals surface area contributed by atoms with Crippen LogP contribution < -0.4 is 14.8 Å². The first-order valence-corrected chi connectivity index (χ1v) is 14.8.